The number of benzene rings is 1. The van der Waals surface area contributed by atoms with E-state index >= 15 is 0 Å². The Morgan fingerprint density at radius 1 is 0.683 bits per heavy atom. The normalized spacial score (nSPS) is 11.6. The quantitative estimate of drug-likeness (QED) is 0.152. The van der Waals surface area contributed by atoms with E-state index in [1.54, 1.807) is 0 Å². The van der Waals surface area contributed by atoms with Crippen LogP contribution in [0.1, 0.15) is 115 Å². The van der Waals surface area contributed by atoms with Crippen molar-refractivity contribution in [2.45, 2.75) is 141 Å². The Labute approximate surface area is 256 Å². The summed E-state index contributed by atoms with van der Waals surface area (Å²) in [5.41, 5.74) is 2.38. The van der Waals surface area contributed by atoms with E-state index in [4.69, 9.17) is 14.2 Å². The molecule has 0 aliphatic carbocycles. The molecule has 1 unspecified atom stereocenters. The third kappa shape index (κ3) is 32.9. The molecule has 244 valence electrons. The summed E-state index contributed by atoms with van der Waals surface area (Å²) in [5, 5.41) is 6.69. The highest BCUT2D eigenvalue weighted by Crippen LogP contribution is 2.11. The van der Waals surface area contributed by atoms with Crippen molar-refractivity contribution in [3.8, 4) is 0 Å². The summed E-state index contributed by atoms with van der Waals surface area (Å²) in [7, 11) is 0. The predicted molar refractivity (Wildman–Crippen MR) is 179 cm³/mol. The van der Waals surface area contributed by atoms with Gasteiger partial charge in [-0.05, 0) is 64.0 Å². The average Bonchev–Trinajstić information content (AvgIpc) is 2.89. The van der Waals surface area contributed by atoms with Gasteiger partial charge in [0.05, 0.1) is 31.3 Å². The van der Waals surface area contributed by atoms with E-state index in [1.807, 2.05) is 39.8 Å². The van der Waals surface area contributed by atoms with E-state index in [0.717, 1.165) is 38.3 Å². The second kappa shape index (κ2) is 28.6. The molecule has 2 N–H and O–H groups in total. The standard InChI is InChI=1S/C15H22O2.C10H23NO.C8H19NO.C2H6/c1-11(2)9-13-5-7-14(8-6-13)10-17-15(16)12(3)4;1-8(2)10(5)11-6-7-12-9(3)4;1-7(2)9-5-6-10-8(3)4;1-2/h5-8,11-12H,9-10H2,1-4H3;8-11H,6-7H2,1-5H3;7-9H,5-6H2,1-4H3;1-2H3. The van der Waals surface area contributed by atoms with Crippen molar-refractivity contribution in [1.29, 1.82) is 0 Å². The number of hydrogen-bond acceptors (Lipinski definition) is 6. The SMILES string of the molecule is CC.CC(C)Cc1ccc(COC(=O)C(C)C)cc1.CC(C)NCCOC(C)C.CC(C)OCCNC(C)C(C)C. The minimum atomic E-state index is -0.142. The molecule has 41 heavy (non-hydrogen) atoms. The second-order valence-electron chi connectivity index (χ2n) is 12.1. The van der Waals surface area contributed by atoms with Crippen molar-refractivity contribution < 1.29 is 19.0 Å². The van der Waals surface area contributed by atoms with E-state index < -0.39 is 0 Å². The van der Waals surface area contributed by atoms with Crippen LogP contribution in [0, 0.1) is 17.8 Å². The van der Waals surface area contributed by atoms with Crippen LogP contribution in [0.4, 0.5) is 0 Å². The molecule has 0 spiro atoms. The van der Waals surface area contributed by atoms with Crippen molar-refractivity contribution in [3.05, 3.63) is 35.4 Å². The van der Waals surface area contributed by atoms with E-state index in [-0.39, 0.29) is 11.9 Å². The zero-order valence-electron chi connectivity index (χ0n) is 29.7. The molecule has 1 aromatic carbocycles. The highest BCUT2D eigenvalue weighted by molar-refractivity contribution is 5.71. The summed E-state index contributed by atoms with van der Waals surface area (Å²) >= 11 is 0. The Hall–Kier alpha value is -1.47. The summed E-state index contributed by atoms with van der Waals surface area (Å²) < 4.78 is 15.9. The van der Waals surface area contributed by atoms with Gasteiger partial charge in [0, 0.05) is 25.2 Å². The lowest BCUT2D eigenvalue weighted by atomic mass is 10.0. The molecule has 6 heteroatoms. The van der Waals surface area contributed by atoms with Crippen LogP contribution >= 0.6 is 0 Å². The van der Waals surface area contributed by atoms with Crippen LogP contribution in [0.15, 0.2) is 24.3 Å². The van der Waals surface area contributed by atoms with E-state index in [9.17, 15) is 4.79 Å². The van der Waals surface area contributed by atoms with Crippen LogP contribution < -0.4 is 10.6 Å². The summed E-state index contributed by atoms with van der Waals surface area (Å²) in [4.78, 5) is 11.3. The minimum absolute atomic E-state index is 0.0600. The summed E-state index contributed by atoms with van der Waals surface area (Å²) in [6, 6.07) is 9.44. The van der Waals surface area contributed by atoms with Gasteiger partial charge in [0.25, 0.3) is 0 Å². The van der Waals surface area contributed by atoms with Crippen molar-refractivity contribution >= 4 is 5.97 Å². The minimum Gasteiger partial charge on any atom is -0.461 e. The Kier molecular flexibility index (Phi) is 30.7. The van der Waals surface area contributed by atoms with Gasteiger partial charge in [-0.25, -0.2) is 0 Å². The van der Waals surface area contributed by atoms with Crippen LogP contribution in [0.5, 0.6) is 0 Å². The molecule has 1 aromatic rings. The Bertz CT molecular complexity index is 676. The fourth-order valence-electron chi connectivity index (χ4n) is 3.02. The molecule has 0 aromatic heterocycles. The molecule has 0 bridgehead atoms. The number of carbonyl (C=O) groups is 1. The lowest BCUT2D eigenvalue weighted by Gasteiger charge is -2.17. The molecular formula is C35H70N2O4. The van der Waals surface area contributed by atoms with Crippen LogP contribution in [-0.2, 0) is 32.0 Å². The van der Waals surface area contributed by atoms with Gasteiger partial charge in [-0.15, -0.1) is 0 Å². The summed E-state index contributed by atoms with van der Waals surface area (Å²) in [6.07, 6.45) is 1.79. The van der Waals surface area contributed by atoms with Crippen molar-refractivity contribution in [3.63, 3.8) is 0 Å². The smallest absolute Gasteiger partial charge is 0.308 e. The molecule has 0 amide bonds. The van der Waals surface area contributed by atoms with Gasteiger partial charge in [0.1, 0.15) is 6.61 Å². The summed E-state index contributed by atoms with van der Waals surface area (Å²) in [6.45, 7) is 35.2. The van der Waals surface area contributed by atoms with Crippen molar-refractivity contribution in [2.24, 2.45) is 17.8 Å². The molecule has 0 saturated carbocycles. The number of rotatable bonds is 16. The first-order chi connectivity index (χ1) is 19.1. The first-order valence-electron chi connectivity index (χ1n) is 16.1. The van der Waals surface area contributed by atoms with Gasteiger partial charge >= 0.3 is 5.97 Å². The maximum Gasteiger partial charge on any atom is 0.308 e. The highest BCUT2D eigenvalue weighted by atomic mass is 16.5. The maximum atomic E-state index is 11.3. The zero-order valence-corrected chi connectivity index (χ0v) is 29.7. The van der Waals surface area contributed by atoms with Crippen molar-refractivity contribution in [1.82, 2.24) is 10.6 Å². The largest absolute Gasteiger partial charge is 0.461 e. The molecule has 0 aliphatic heterocycles. The Morgan fingerprint density at radius 2 is 1.12 bits per heavy atom. The first kappa shape index (κ1) is 44.0. The first-order valence-corrected chi connectivity index (χ1v) is 16.1. The third-order valence-electron chi connectivity index (χ3n) is 5.64. The number of carbonyl (C=O) groups excluding carboxylic acids is 1. The zero-order chi connectivity index (χ0) is 32.4. The van der Waals surface area contributed by atoms with Gasteiger partial charge in [-0.1, -0.05) is 93.5 Å². The number of ether oxygens (including phenoxy) is 3. The highest BCUT2D eigenvalue weighted by Gasteiger charge is 2.08. The van der Waals surface area contributed by atoms with Crippen molar-refractivity contribution in [2.75, 3.05) is 26.3 Å². The molecule has 0 radical (unpaired) electrons. The third-order valence-corrected chi connectivity index (χ3v) is 5.64. The van der Waals surface area contributed by atoms with Gasteiger partial charge in [0.15, 0.2) is 0 Å². The molecular weight excluding hydrogens is 512 g/mol. The number of esters is 1. The van der Waals surface area contributed by atoms with E-state index in [1.165, 1.54) is 5.56 Å². The number of nitrogens with one attached hydrogen (secondary N) is 2. The molecule has 1 rings (SSSR count). The Morgan fingerprint density at radius 3 is 1.49 bits per heavy atom. The van der Waals surface area contributed by atoms with Crippen LogP contribution in [0.25, 0.3) is 0 Å². The molecule has 1 atom stereocenters. The molecule has 6 nitrogen and oxygen atoms in total. The Balaban J connectivity index is -0.000000533. The van der Waals surface area contributed by atoms with Gasteiger partial charge in [0.2, 0.25) is 0 Å². The van der Waals surface area contributed by atoms with Gasteiger partial charge in [-0.2, -0.15) is 0 Å². The molecule has 0 aliphatic rings. The topological polar surface area (TPSA) is 68.8 Å². The van der Waals surface area contributed by atoms with E-state index in [0.29, 0.717) is 42.7 Å². The van der Waals surface area contributed by atoms with Gasteiger partial charge in [-0.3, -0.25) is 4.79 Å². The fourth-order valence-corrected chi connectivity index (χ4v) is 3.02. The maximum absolute atomic E-state index is 11.3. The lowest BCUT2D eigenvalue weighted by molar-refractivity contribution is -0.148. The molecule has 0 heterocycles. The second-order valence-corrected chi connectivity index (χ2v) is 12.1. The fraction of sp³-hybridized carbons (Fsp3) is 0.800. The predicted octanol–water partition coefficient (Wildman–Crippen LogP) is 8.07. The summed E-state index contributed by atoms with van der Waals surface area (Å²) in [5.74, 6) is 1.16. The van der Waals surface area contributed by atoms with Crippen LogP contribution in [0.3, 0.4) is 0 Å². The van der Waals surface area contributed by atoms with Crippen LogP contribution in [0.2, 0.25) is 0 Å². The van der Waals surface area contributed by atoms with E-state index in [2.05, 4.69) is 98.9 Å². The molecule has 0 fully saturated rings. The molecule has 0 saturated heterocycles. The monoisotopic (exact) mass is 583 g/mol. The van der Waals surface area contributed by atoms with Gasteiger partial charge < -0.3 is 24.8 Å². The van der Waals surface area contributed by atoms with Crippen LogP contribution in [-0.4, -0.2) is 56.6 Å². The average molecular weight is 583 g/mol. The number of hydrogen-bond donors (Lipinski definition) is 2. The lowest BCUT2D eigenvalue weighted by Crippen LogP contribution is -2.33.